The molecule has 2 aromatic carbocycles. The fourth-order valence-electron chi connectivity index (χ4n) is 4.03. The van der Waals surface area contributed by atoms with E-state index < -0.39 is 0 Å². The summed E-state index contributed by atoms with van der Waals surface area (Å²) >= 11 is 0. The summed E-state index contributed by atoms with van der Waals surface area (Å²) in [6, 6.07) is 20.7. The minimum Gasteiger partial charge on any atom is -0.352 e. The van der Waals surface area contributed by atoms with E-state index in [4.69, 9.17) is 0 Å². The first kappa shape index (κ1) is 20.2. The third kappa shape index (κ3) is 4.90. The van der Waals surface area contributed by atoms with E-state index in [-0.39, 0.29) is 11.9 Å². The normalized spacial score (nSPS) is 14.3. The van der Waals surface area contributed by atoms with Gasteiger partial charge in [0.15, 0.2) is 0 Å². The van der Waals surface area contributed by atoms with E-state index in [2.05, 4.69) is 69.4 Å². The third-order valence-corrected chi connectivity index (χ3v) is 5.68. The molecule has 0 radical (unpaired) electrons. The Labute approximate surface area is 178 Å². The lowest BCUT2D eigenvalue weighted by atomic mass is 10.1. The zero-order chi connectivity index (χ0) is 20.9. The molecule has 5 heteroatoms. The number of carbonyl (C=O) groups excluding carboxylic acids is 1. The number of anilines is 1. The van der Waals surface area contributed by atoms with Crippen LogP contribution in [0.1, 0.15) is 46.9 Å². The lowest BCUT2D eigenvalue weighted by molar-refractivity contribution is 0.0938. The number of fused-ring (bicyclic) bond motifs is 1. The summed E-state index contributed by atoms with van der Waals surface area (Å²) in [7, 11) is 0. The number of carbonyl (C=O) groups is 1. The van der Waals surface area contributed by atoms with Crippen LogP contribution in [0, 0.1) is 6.92 Å². The first-order valence-electron chi connectivity index (χ1n) is 10.8. The van der Waals surface area contributed by atoms with Crippen molar-refractivity contribution in [1.29, 1.82) is 0 Å². The quantitative estimate of drug-likeness (QED) is 0.639. The second-order valence-corrected chi connectivity index (χ2v) is 8.24. The van der Waals surface area contributed by atoms with E-state index in [1.165, 1.54) is 16.9 Å². The fraction of sp³-hybridized carbons (Fsp3) is 0.360. The predicted molar refractivity (Wildman–Crippen MR) is 121 cm³/mol. The molecule has 5 nitrogen and oxygen atoms in total. The Hall–Kier alpha value is -3.08. The van der Waals surface area contributed by atoms with Crippen molar-refractivity contribution in [2.75, 3.05) is 11.4 Å². The van der Waals surface area contributed by atoms with Crippen LogP contribution >= 0.6 is 0 Å². The molecule has 1 aliphatic heterocycles. The van der Waals surface area contributed by atoms with Gasteiger partial charge in [-0.3, -0.25) is 4.79 Å². The highest BCUT2D eigenvalue weighted by Gasteiger charge is 2.18. The molecule has 1 amide bonds. The number of benzene rings is 2. The second-order valence-electron chi connectivity index (χ2n) is 8.24. The Kier molecular flexibility index (Phi) is 6.17. The van der Waals surface area contributed by atoms with Crippen molar-refractivity contribution in [2.45, 2.75) is 52.2 Å². The predicted octanol–water partition coefficient (Wildman–Crippen LogP) is 4.35. The summed E-state index contributed by atoms with van der Waals surface area (Å²) in [5, 5.41) is 7.69. The van der Waals surface area contributed by atoms with Crippen molar-refractivity contribution >= 4 is 11.7 Å². The van der Waals surface area contributed by atoms with Gasteiger partial charge >= 0.3 is 0 Å². The SMILES string of the molecule is Cc1cc2n(n1)CCCN2Cc1ccc(C(=O)N[C@@H](C)CCc2ccccc2)cc1. The van der Waals surface area contributed by atoms with Gasteiger partial charge in [0.05, 0.1) is 5.69 Å². The molecule has 1 N–H and O–H groups in total. The highest BCUT2D eigenvalue weighted by Crippen LogP contribution is 2.23. The maximum atomic E-state index is 12.6. The fourth-order valence-corrected chi connectivity index (χ4v) is 4.03. The average molecular weight is 403 g/mol. The van der Waals surface area contributed by atoms with Gasteiger partial charge in [0.25, 0.3) is 5.91 Å². The van der Waals surface area contributed by atoms with Gasteiger partial charge in [0.1, 0.15) is 5.82 Å². The van der Waals surface area contributed by atoms with E-state index in [1.807, 2.05) is 25.1 Å². The van der Waals surface area contributed by atoms with Crippen LogP contribution in [0.5, 0.6) is 0 Å². The Balaban J connectivity index is 1.31. The lowest BCUT2D eigenvalue weighted by Crippen LogP contribution is -2.33. The summed E-state index contributed by atoms with van der Waals surface area (Å²) in [5.41, 5.74) is 4.28. The van der Waals surface area contributed by atoms with E-state index in [0.717, 1.165) is 44.6 Å². The van der Waals surface area contributed by atoms with E-state index in [9.17, 15) is 4.79 Å². The van der Waals surface area contributed by atoms with Gasteiger partial charge in [0, 0.05) is 37.3 Å². The summed E-state index contributed by atoms with van der Waals surface area (Å²) < 4.78 is 2.09. The molecule has 0 saturated heterocycles. The molecule has 30 heavy (non-hydrogen) atoms. The highest BCUT2D eigenvalue weighted by molar-refractivity contribution is 5.94. The molecule has 1 aromatic heterocycles. The maximum absolute atomic E-state index is 12.6. The number of nitrogens with one attached hydrogen (secondary N) is 1. The summed E-state index contributed by atoms with van der Waals surface area (Å²) in [5.74, 6) is 1.18. The van der Waals surface area contributed by atoms with E-state index in [0.29, 0.717) is 5.56 Å². The number of rotatable bonds is 7. The molecule has 4 rings (SSSR count). The minimum atomic E-state index is -0.00575. The summed E-state index contributed by atoms with van der Waals surface area (Å²) in [4.78, 5) is 15.0. The Morgan fingerprint density at radius 1 is 1.07 bits per heavy atom. The molecular weight excluding hydrogens is 372 g/mol. The van der Waals surface area contributed by atoms with Gasteiger partial charge in [-0.15, -0.1) is 0 Å². The van der Waals surface area contributed by atoms with Crippen LogP contribution in [0.25, 0.3) is 0 Å². The highest BCUT2D eigenvalue weighted by atomic mass is 16.1. The average Bonchev–Trinajstić information content (AvgIpc) is 3.15. The topological polar surface area (TPSA) is 50.2 Å². The molecule has 0 aliphatic carbocycles. The molecule has 2 heterocycles. The second kappa shape index (κ2) is 9.16. The van der Waals surface area contributed by atoms with Crippen molar-refractivity contribution in [3.63, 3.8) is 0 Å². The van der Waals surface area contributed by atoms with Crippen molar-refractivity contribution < 1.29 is 4.79 Å². The number of aromatic nitrogens is 2. The van der Waals surface area contributed by atoms with Crippen LogP contribution in [0.2, 0.25) is 0 Å². The third-order valence-electron chi connectivity index (χ3n) is 5.68. The number of hydrogen-bond donors (Lipinski definition) is 1. The van der Waals surface area contributed by atoms with Crippen molar-refractivity contribution in [3.8, 4) is 0 Å². The number of amides is 1. The molecule has 0 fully saturated rings. The van der Waals surface area contributed by atoms with Gasteiger partial charge in [-0.05, 0) is 56.4 Å². The molecule has 156 valence electrons. The molecule has 0 bridgehead atoms. The van der Waals surface area contributed by atoms with Crippen LogP contribution in [0.3, 0.4) is 0 Å². The molecule has 1 atom stereocenters. The zero-order valence-corrected chi connectivity index (χ0v) is 17.8. The molecule has 3 aromatic rings. The number of hydrogen-bond acceptors (Lipinski definition) is 3. The van der Waals surface area contributed by atoms with Crippen molar-refractivity contribution in [1.82, 2.24) is 15.1 Å². The van der Waals surface area contributed by atoms with Gasteiger partial charge in [0.2, 0.25) is 0 Å². The van der Waals surface area contributed by atoms with Crippen molar-refractivity contribution in [2.24, 2.45) is 0 Å². The van der Waals surface area contributed by atoms with Crippen LogP contribution in [0.4, 0.5) is 5.82 Å². The minimum absolute atomic E-state index is 0.00575. The largest absolute Gasteiger partial charge is 0.352 e. The van der Waals surface area contributed by atoms with Gasteiger partial charge in [-0.2, -0.15) is 5.10 Å². The van der Waals surface area contributed by atoms with Gasteiger partial charge in [-0.1, -0.05) is 42.5 Å². The maximum Gasteiger partial charge on any atom is 0.251 e. The molecule has 1 aliphatic rings. The number of aryl methyl sites for hydroxylation is 3. The van der Waals surface area contributed by atoms with Crippen LogP contribution in [0.15, 0.2) is 60.7 Å². The summed E-state index contributed by atoms with van der Waals surface area (Å²) in [6.07, 6.45) is 3.00. The first-order valence-corrected chi connectivity index (χ1v) is 10.8. The standard InChI is InChI=1S/C25H30N4O/c1-19(9-10-21-7-4-3-5-8-21)26-25(30)23-13-11-22(12-14-23)18-28-15-6-16-29-24(28)17-20(2)27-29/h3-5,7-8,11-14,17,19H,6,9-10,15-16,18H2,1-2H3,(H,26,30)/t19-/m0/s1. The molecule has 0 unspecified atom stereocenters. The Morgan fingerprint density at radius 3 is 2.60 bits per heavy atom. The first-order chi connectivity index (χ1) is 14.6. The molecular formula is C25H30N4O. The van der Waals surface area contributed by atoms with Crippen molar-refractivity contribution in [3.05, 3.63) is 83.0 Å². The molecule has 0 spiro atoms. The van der Waals surface area contributed by atoms with E-state index in [1.54, 1.807) is 0 Å². The molecule has 0 saturated carbocycles. The van der Waals surface area contributed by atoms with Crippen LogP contribution < -0.4 is 10.2 Å². The van der Waals surface area contributed by atoms with Gasteiger partial charge in [-0.25, -0.2) is 4.68 Å². The lowest BCUT2D eigenvalue weighted by Gasteiger charge is -2.29. The Bertz CT molecular complexity index is 978. The summed E-state index contributed by atoms with van der Waals surface area (Å²) in [6.45, 7) is 6.96. The number of nitrogens with zero attached hydrogens (tertiary/aromatic N) is 3. The smallest absolute Gasteiger partial charge is 0.251 e. The van der Waals surface area contributed by atoms with Crippen LogP contribution in [-0.2, 0) is 19.5 Å². The Morgan fingerprint density at radius 2 is 1.83 bits per heavy atom. The monoisotopic (exact) mass is 402 g/mol. The van der Waals surface area contributed by atoms with Gasteiger partial charge < -0.3 is 10.2 Å². The van der Waals surface area contributed by atoms with Crippen LogP contribution in [-0.4, -0.2) is 28.3 Å². The van der Waals surface area contributed by atoms with E-state index >= 15 is 0 Å². The zero-order valence-electron chi connectivity index (χ0n) is 17.8.